The first-order valence-electron chi connectivity index (χ1n) is 7.97. The fourth-order valence-corrected chi connectivity index (χ4v) is 3.59. The molecule has 0 radical (unpaired) electrons. The summed E-state index contributed by atoms with van der Waals surface area (Å²) in [5.74, 6) is 0.307. The highest BCUT2D eigenvalue weighted by Crippen LogP contribution is 2.31. The smallest absolute Gasteiger partial charge is 0.237 e. The van der Waals surface area contributed by atoms with E-state index in [1.54, 1.807) is 11.3 Å². The van der Waals surface area contributed by atoms with Crippen molar-refractivity contribution in [3.05, 3.63) is 40.9 Å². The molecule has 2 atom stereocenters. The minimum Gasteiger partial charge on any atom is -0.347 e. The molecule has 1 aromatic carbocycles. The number of benzene rings is 1. The van der Waals surface area contributed by atoms with Crippen LogP contribution in [0.15, 0.2) is 30.3 Å². The maximum Gasteiger partial charge on any atom is 0.237 e. The molecule has 4 nitrogen and oxygen atoms in total. The van der Waals surface area contributed by atoms with Crippen molar-refractivity contribution in [3.63, 3.8) is 0 Å². The number of nitrogens with two attached hydrogens (primary N) is 1. The number of rotatable bonds is 6. The highest BCUT2D eigenvalue weighted by atomic mass is 32.1. The zero-order valence-corrected chi connectivity index (χ0v) is 15.0. The van der Waals surface area contributed by atoms with Crippen LogP contribution in [0.1, 0.15) is 43.8 Å². The van der Waals surface area contributed by atoms with Crippen LogP contribution in [0.25, 0.3) is 10.6 Å². The molecule has 3 N–H and O–H groups in total. The topological polar surface area (TPSA) is 68.0 Å². The van der Waals surface area contributed by atoms with Crippen LogP contribution in [0.2, 0.25) is 0 Å². The van der Waals surface area contributed by atoms with E-state index >= 15 is 0 Å². The lowest BCUT2D eigenvalue weighted by molar-refractivity contribution is -0.123. The van der Waals surface area contributed by atoms with E-state index in [9.17, 15) is 4.79 Å². The molecular weight excluding hydrogens is 306 g/mol. The van der Waals surface area contributed by atoms with Gasteiger partial charge in [0.05, 0.1) is 22.7 Å². The predicted molar refractivity (Wildman–Crippen MR) is 96.3 cm³/mol. The van der Waals surface area contributed by atoms with Gasteiger partial charge in [-0.25, -0.2) is 4.98 Å². The Bertz CT molecular complexity index is 652. The van der Waals surface area contributed by atoms with Crippen molar-refractivity contribution >= 4 is 17.2 Å². The van der Waals surface area contributed by atoms with E-state index in [1.807, 2.05) is 44.2 Å². The minimum atomic E-state index is -0.459. The molecule has 2 rings (SSSR count). The summed E-state index contributed by atoms with van der Waals surface area (Å²) >= 11 is 1.62. The molecule has 0 aliphatic carbocycles. The van der Waals surface area contributed by atoms with Crippen LogP contribution in [-0.2, 0) is 4.79 Å². The lowest BCUT2D eigenvalue weighted by atomic mass is 10.0. The van der Waals surface area contributed by atoms with E-state index in [4.69, 9.17) is 5.73 Å². The third-order valence-corrected chi connectivity index (χ3v) is 5.06. The van der Waals surface area contributed by atoms with Crippen molar-refractivity contribution < 1.29 is 4.79 Å². The predicted octanol–water partition coefficient (Wildman–Crippen LogP) is 3.67. The monoisotopic (exact) mass is 331 g/mol. The summed E-state index contributed by atoms with van der Waals surface area (Å²) in [6.07, 6.45) is 0.690. The van der Waals surface area contributed by atoms with Gasteiger partial charge in [0.1, 0.15) is 5.01 Å². The molecule has 0 aliphatic heterocycles. The van der Waals surface area contributed by atoms with Gasteiger partial charge in [0.15, 0.2) is 0 Å². The first-order chi connectivity index (χ1) is 10.9. The van der Waals surface area contributed by atoms with Crippen LogP contribution in [0.5, 0.6) is 0 Å². The van der Waals surface area contributed by atoms with Crippen molar-refractivity contribution in [2.24, 2.45) is 11.7 Å². The number of aryl methyl sites for hydroxylation is 1. The molecule has 0 aliphatic rings. The van der Waals surface area contributed by atoms with Gasteiger partial charge in [-0.3, -0.25) is 4.79 Å². The second kappa shape index (κ2) is 7.70. The maximum absolute atomic E-state index is 12.2. The van der Waals surface area contributed by atoms with Gasteiger partial charge >= 0.3 is 0 Å². The highest BCUT2D eigenvalue weighted by molar-refractivity contribution is 7.15. The zero-order chi connectivity index (χ0) is 17.0. The van der Waals surface area contributed by atoms with E-state index in [1.165, 1.54) is 0 Å². The third-order valence-electron chi connectivity index (χ3n) is 3.67. The number of hydrogen-bond donors (Lipinski definition) is 2. The Hall–Kier alpha value is -1.72. The molecule has 1 aromatic heterocycles. The van der Waals surface area contributed by atoms with E-state index in [0.29, 0.717) is 12.3 Å². The number of nitrogens with one attached hydrogen (secondary N) is 1. The van der Waals surface area contributed by atoms with Crippen molar-refractivity contribution in [2.45, 2.75) is 46.2 Å². The lowest BCUT2D eigenvalue weighted by Gasteiger charge is -2.18. The van der Waals surface area contributed by atoms with Gasteiger partial charge in [-0.2, -0.15) is 0 Å². The third kappa shape index (κ3) is 4.62. The Morgan fingerprint density at radius 3 is 2.52 bits per heavy atom. The molecule has 124 valence electrons. The van der Waals surface area contributed by atoms with Gasteiger partial charge in [0.2, 0.25) is 5.91 Å². The molecule has 23 heavy (non-hydrogen) atoms. The second-order valence-electron chi connectivity index (χ2n) is 6.30. The van der Waals surface area contributed by atoms with Crippen molar-refractivity contribution in [3.8, 4) is 10.6 Å². The van der Waals surface area contributed by atoms with Crippen LogP contribution in [0, 0.1) is 12.8 Å². The molecule has 2 aromatic rings. The summed E-state index contributed by atoms with van der Waals surface area (Å²) in [6.45, 7) is 8.09. The molecule has 1 heterocycles. The second-order valence-corrected chi connectivity index (χ2v) is 7.33. The first kappa shape index (κ1) is 17.6. The SMILES string of the molecule is Cc1nc(-c2ccccc2)sc1C(C)NC(=O)[C@@H](N)CC(C)C. The van der Waals surface area contributed by atoms with Gasteiger partial charge in [-0.05, 0) is 26.2 Å². The van der Waals surface area contributed by atoms with Gasteiger partial charge < -0.3 is 11.1 Å². The summed E-state index contributed by atoms with van der Waals surface area (Å²) in [5, 5.41) is 3.99. The van der Waals surface area contributed by atoms with E-state index in [0.717, 1.165) is 21.1 Å². The molecule has 1 unspecified atom stereocenters. The number of carbonyl (C=O) groups is 1. The van der Waals surface area contributed by atoms with E-state index in [-0.39, 0.29) is 11.9 Å². The Balaban J connectivity index is 2.10. The number of hydrogen-bond acceptors (Lipinski definition) is 4. The Kier molecular flexibility index (Phi) is 5.91. The fourth-order valence-electron chi connectivity index (χ4n) is 2.52. The molecule has 0 saturated heterocycles. The molecule has 1 amide bonds. The Morgan fingerprint density at radius 1 is 1.26 bits per heavy atom. The number of nitrogens with zero attached hydrogens (tertiary/aromatic N) is 1. The summed E-state index contributed by atoms with van der Waals surface area (Å²) in [4.78, 5) is 17.9. The van der Waals surface area contributed by atoms with Crippen LogP contribution >= 0.6 is 11.3 Å². The van der Waals surface area contributed by atoms with Crippen LogP contribution in [0.4, 0.5) is 0 Å². The Labute approximate surface area is 142 Å². The van der Waals surface area contributed by atoms with Crippen molar-refractivity contribution in [2.75, 3.05) is 0 Å². The zero-order valence-electron chi connectivity index (χ0n) is 14.2. The van der Waals surface area contributed by atoms with Gasteiger partial charge in [0.25, 0.3) is 0 Å². The number of thiazole rings is 1. The van der Waals surface area contributed by atoms with Crippen molar-refractivity contribution in [1.29, 1.82) is 0 Å². The lowest BCUT2D eigenvalue weighted by Crippen LogP contribution is -2.42. The normalized spacial score (nSPS) is 13.8. The molecular formula is C18H25N3OS. The van der Waals surface area contributed by atoms with Gasteiger partial charge in [-0.1, -0.05) is 44.2 Å². The molecule has 0 saturated carbocycles. The average Bonchev–Trinajstić information content (AvgIpc) is 2.89. The maximum atomic E-state index is 12.2. The average molecular weight is 331 g/mol. The quantitative estimate of drug-likeness (QED) is 0.848. The van der Waals surface area contributed by atoms with Gasteiger partial charge in [-0.15, -0.1) is 11.3 Å². The van der Waals surface area contributed by atoms with Crippen LogP contribution in [-0.4, -0.2) is 16.9 Å². The van der Waals surface area contributed by atoms with E-state index < -0.39 is 6.04 Å². The van der Waals surface area contributed by atoms with E-state index in [2.05, 4.69) is 24.1 Å². The number of carbonyl (C=O) groups excluding carboxylic acids is 1. The summed E-state index contributed by atoms with van der Waals surface area (Å²) in [6, 6.07) is 9.54. The Morgan fingerprint density at radius 2 is 1.91 bits per heavy atom. The number of amides is 1. The van der Waals surface area contributed by atoms with Crippen molar-refractivity contribution in [1.82, 2.24) is 10.3 Å². The largest absolute Gasteiger partial charge is 0.347 e. The molecule has 0 spiro atoms. The van der Waals surface area contributed by atoms with Gasteiger partial charge in [0, 0.05) is 5.56 Å². The van der Waals surface area contributed by atoms with Crippen LogP contribution in [0.3, 0.4) is 0 Å². The fraction of sp³-hybridized carbons (Fsp3) is 0.444. The standard InChI is InChI=1S/C18H25N3OS/c1-11(2)10-15(19)17(22)20-12(3)16-13(4)21-18(23-16)14-8-6-5-7-9-14/h5-9,11-12,15H,10,19H2,1-4H3,(H,20,22)/t12?,15-/m0/s1. The molecule has 0 bridgehead atoms. The summed E-state index contributed by atoms with van der Waals surface area (Å²) in [7, 11) is 0. The number of aromatic nitrogens is 1. The minimum absolute atomic E-state index is 0.0873. The molecule has 0 fully saturated rings. The first-order valence-corrected chi connectivity index (χ1v) is 8.78. The summed E-state index contributed by atoms with van der Waals surface area (Å²) < 4.78 is 0. The highest BCUT2D eigenvalue weighted by Gasteiger charge is 2.21. The molecule has 5 heteroatoms. The van der Waals surface area contributed by atoms with Crippen LogP contribution < -0.4 is 11.1 Å². The summed E-state index contributed by atoms with van der Waals surface area (Å²) in [5.41, 5.74) is 8.01.